The molecule has 0 spiro atoms. The number of nitrogens with zero attached hydrogens (tertiary/aromatic N) is 1. The molecule has 1 heterocycles. The van der Waals surface area contributed by atoms with E-state index in [4.69, 9.17) is 9.93 Å². The van der Waals surface area contributed by atoms with Crippen LogP contribution in [0.1, 0.15) is 11.1 Å². The largest absolute Gasteiger partial charge is 0.333 e. The summed E-state index contributed by atoms with van der Waals surface area (Å²) in [5, 5.41) is 10.2. The van der Waals surface area contributed by atoms with E-state index in [-0.39, 0.29) is 5.96 Å². The fraction of sp³-hybridized carbons (Fsp3) is 0.188. The molecule has 1 saturated heterocycles. The SMILES string of the molecule is COP1(=O)N(C)C(=N)NC1(c1ccccc1)c1ccccc1. The summed E-state index contributed by atoms with van der Waals surface area (Å²) in [5.41, 5.74) is 1.61. The highest BCUT2D eigenvalue weighted by Gasteiger charge is 2.61. The minimum Gasteiger partial charge on any atom is -0.333 e. The van der Waals surface area contributed by atoms with Gasteiger partial charge in [0.15, 0.2) is 11.2 Å². The van der Waals surface area contributed by atoms with E-state index in [1.165, 1.54) is 11.8 Å². The van der Waals surface area contributed by atoms with Crippen LogP contribution in [0.4, 0.5) is 0 Å². The monoisotopic (exact) mass is 315 g/mol. The van der Waals surface area contributed by atoms with Gasteiger partial charge in [-0.2, -0.15) is 0 Å². The summed E-state index contributed by atoms with van der Waals surface area (Å²) in [5.74, 6) is 0.0814. The second-order valence-corrected chi connectivity index (χ2v) is 7.82. The minimum absolute atomic E-state index is 0.0814. The van der Waals surface area contributed by atoms with E-state index in [1.54, 1.807) is 7.05 Å². The van der Waals surface area contributed by atoms with Gasteiger partial charge in [-0.1, -0.05) is 60.7 Å². The zero-order valence-corrected chi connectivity index (χ0v) is 13.4. The Kier molecular flexibility index (Phi) is 3.55. The Morgan fingerprint density at radius 3 is 1.91 bits per heavy atom. The molecule has 1 atom stereocenters. The second-order valence-electron chi connectivity index (χ2n) is 5.14. The lowest BCUT2D eigenvalue weighted by Gasteiger charge is -2.35. The lowest BCUT2D eigenvalue weighted by molar-refractivity contribution is 0.346. The topological polar surface area (TPSA) is 65.4 Å². The van der Waals surface area contributed by atoms with Gasteiger partial charge < -0.3 is 9.84 Å². The molecule has 6 heteroatoms. The normalized spacial score (nSPS) is 23.4. The predicted molar refractivity (Wildman–Crippen MR) is 86.9 cm³/mol. The maximum absolute atomic E-state index is 13.7. The third-order valence-electron chi connectivity index (χ3n) is 4.07. The highest BCUT2D eigenvalue weighted by molar-refractivity contribution is 7.59. The molecule has 0 amide bonds. The Morgan fingerprint density at radius 1 is 1.05 bits per heavy atom. The third kappa shape index (κ3) is 1.83. The quantitative estimate of drug-likeness (QED) is 0.854. The summed E-state index contributed by atoms with van der Waals surface area (Å²) in [6, 6.07) is 19.0. The number of guanidine groups is 1. The molecule has 22 heavy (non-hydrogen) atoms. The van der Waals surface area contributed by atoms with Crippen LogP contribution in [-0.2, 0) is 14.4 Å². The first kappa shape index (κ1) is 14.8. The molecule has 0 bridgehead atoms. The number of rotatable bonds is 3. The molecule has 2 aromatic rings. The molecule has 3 rings (SSSR count). The van der Waals surface area contributed by atoms with Crippen LogP contribution in [0.25, 0.3) is 0 Å². The smallest absolute Gasteiger partial charge is 0.332 e. The van der Waals surface area contributed by atoms with E-state index < -0.39 is 12.8 Å². The average molecular weight is 315 g/mol. The molecule has 114 valence electrons. The molecule has 2 N–H and O–H groups in total. The van der Waals surface area contributed by atoms with E-state index >= 15 is 0 Å². The Hall–Kier alpha value is -2.10. The first-order chi connectivity index (χ1) is 10.6. The van der Waals surface area contributed by atoms with Crippen LogP contribution in [0.2, 0.25) is 0 Å². The Morgan fingerprint density at radius 2 is 1.50 bits per heavy atom. The van der Waals surface area contributed by atoms with Gasteiger partial charge in [0, 0.05) is 14.2 Å². The van der Waals surface area contributed by atoms with Crippen molar-refractivity contribution in [2.45, 2.75) is 5.28 Å². The van der Waals surface area contributed by atoms with Gasteiger partial charge in [-0.15, -0.1) is 0 Å². The average Bonchev–Trinajstić information content (AvgIpc) is 2.79. The molecule has 1 fully saturated rings. The Bertz CT molecular complexity index is 694. The minimum atomic E-state index is -3.39. The summed E-state index contributed by atoms with van der Waals surface area (Å²) in [7, 11) is -0.338. The summed E-state index contributed by atoms with van der Waals surface area (Å²) in [4.78, 5) is 0. The van der Waals surface area contributed by atoms with Crippen LogP contribution in [0.15, 0.2) is 60.7 Å². The van der Waals surface area contributed by atoms with Crippen LogP contribution in [-0.4, -0.2) is 24.8 Å². The van der Waals surface area contributed by atoms with Gasteiger partial charge >= 0.3 is 7.52 Å². The molecular formula is C16H18N3O2P. The number of hydrogen-bond donors (Lipinski definition) is 2. The van der Waals surface area contributed by atoms with E-state index in [1.807, 2.05) is 60.7 Å². The number of benzene rings is 2. The first-order valence-corrected chi connectivity index (χ1v) is 8.52. The van der Waals surface area contributed by atoms with Gasteiger partial charge in [0.25, 0.3) is 0 Å². The van der Waals surface area contributed by atoms with Crippen LogP contribution in [0.5, 0.6) is 0 Å². The summed E-state index contributed by atoms with van der Waals surface area (Å²) >= 11 is 0. The predicted octanol–water partition coefficient (Wildman–Crippen LogP) is 3.20. The molecule has 2 aromatic carbocycles. The second kappa shape index (κ2) is 5.27. The maximum Gasteiger partial charge on any atom is 0.332 e. The highest BCUT2D eigenvalue weighted by Crippen LogP contribution is 2.69. The van der Waals surface area contributed by atoms with E-state index in [0.717, 1.165) is 11.1 Å². The molecule has 0 aliphatic carbocycles. The van der Waals surface area contributed by atoms with Gasteiger partial charge in [-0.25, -0.2) is 0 Å². The van der Waals surface area contributed by atoms with Gasteiger partial charge in [0.2, 0.25) is 0 Å². The zero-order valence-electron chi connectivity index (χ0n) is 12.5. The van der Waals surface area contributed by atoms with Crippen molar-refractivity contribution >= 4 is 13.5 Å². The van der Waals surface area contributed by atoms with Crippen molar-refractivity contribution in [2.75, 3.05) is 14.2 Å². The van der Waals surface area contributed by atoms with Gasteiger partial charge in [-0.05, 0) is 11.1 Å². The van der Waals surface area contributed by atoms with E-state index in [2.05, 4.69) is 5.32 Å². The third-order valence-corrected chi connectivity index (χ3v) is 7.03. The molecule has 5 nitrogen and oxygen atoms in total. The van der Waals surface area contributed by atoms with Crippen LogP contribution < -0.4 is 5.32 Å². The first-order valence-electron chi connectivity index (χ1n) is 6.94. The lowest BCUT2D eigenvalue weighted by Crippen LogP contribution is -2.39. The van der Waals surface area contributed by atoms with Crippen molar-refractivity contribution in [3.05, 3.63) is 71.8 Å². The van der Waals surface area contributed by atoms with Crippen molar-refractivity contribution in [1.29, 1.82) is 5.41 Å². The van der Waals surface area contributed by atoms with Crippen molar-refractivity contribution in [3.8, 4) is 0 Å². The Labute approximate surface area is 129 Å². The van der Waals surface area contributed by atoms with Crippen LogP contribution in [0.3, 0.4) is 0 Å². The summed E-state index contributed by atoms with van der Waals surface area (Å²) < 4.78 is 20.6. The molecule has 1 aliphatic heterocycles. The molecule has 0 aromatic heterocycles. The van der Waals surface area contributed by atoms with Crippen LogP contribution in [0, 0.1) is 5.41 Å². The Balaban J connectivity index is 2.35. The number of nitrogens with one attached hydrogen (secondary N) is 2. The summed E-state index contributed by atoms with van der Waals surface area (Å²) in [6.45, 7) is 0. The molecular weight excluding hydrogens is 297 g/mol. The number of hydrogen-bond acceptors (Lipinski definition) is 3. The molecule has 0 saturated carbocycles. The summed E-state index contributed by atoms with van der Waals surface area (Å²) in [6.07, 6.45) is 0. The van der Waals surface area contributed by atoms with Crippen molar-refractivity contribution < 1.29 is 9.09 Å². The highest BCUT2D eigenvalue weighted by atomic mass is 31.2. The van der Waals surface area contributed by atoms with Crippen LogP contribution >= 0.6 is 7.52 Å². The van der Waals surface area contributed by atoms with Crippen molar-refractivity contribution in [1.82, 2.24) is 9.99 Å². The standard InChI is InChI=1S/C16H18N3O2P/c1-19-15(17)18-16(22(19,20)21-2,13-9-5-3-6-10-13)14-11-7-4-8-12-14/h3-12H,1-2H3,(H2,17,18). The fourth-order valence-electron chi connectivity index (χ4n) is 2.93. The van der Waals surface area contributed by atoms with Gasteiger partial charge in [0.1, 0.15) is 0 Å². The molecule has 1 aliphatic rings. The molecule has 1 unspecified atom stereocenters. The lowest BCUT2D eigenvalue weighted by atomic mass is 9.98. The van der Waals surface area contributed by atoms with Crippen molar-refractivity contribution in [2.24, 2.45) is 0 Å². The van der Waals surface area contributed by atoms with Crippen molar-refractivity contribution in [3.63, 3.8) is 0 Å². The zero-order chi connectivity index (χ0) is 15.8. The van der Waals surface area contributed by atoms with E-state index in [0.29, 0.717) is 0 Å². The van der Waals surface area contributed by atoms with Gasteiger partial charge in [-0.3, -0.25) is 14.6 Å². The van der Waals surface area contributed by atoms with E-state index in [9.17, 15) is 4.57 Å². The fourth-order valence-corrected chi connectivity index (χ4v) is 5.41. The molecule has 0 radical (unpaired) electrons. The maximum atomic E-state index is 13.7. The van der Waals surface area contributed by atoms with Gasteiger partial charge in [0.05, 0.1) is 0 Å².